The summed E-state index contributed by atoms with van der Waals surface area (Å²) in [5.41, 5.74) is 2.87. The molecule has 100 valence electrons. The molecule has 19 heavy (non-hydrogen) atoms. The Balaban J connectivity index is 2.57. The molecule has 5 heteroatoms. The summed E-state index contributed by atoms with van der Waals surface area (Å²) in [7, 11) is 1.49. The maximum absolute atomic E-state index is 13.8. The summed E-state index contributed by atoms with van der Waals surface area (Å²) in [5.74, 6) is 4.65. The molecule has 1 atom stereocenters. The molecule has 2 aromatic carbocycles. The fraction of sp³-hybridized carbons (Fsp3) is 0.143. The Labute approximate surface area is 110 Å². The first-order chi connectivity index (χ1) is 9.19. The van der Waals surface area contributed by atoms with Gasteiger partial charge in [0, 0.05) is 11.1 Å². The number of para-hydroxylation sites is 1. The summed E-state index contributed by atoms with van der Waals surface area (Å²) in [6.07, 6.45) is 0. The Kier molecular flexibility index (Phi) is 4.09. The average molecular weight is 264 g/mol. The molecule has 0 radical (unpaired) electrons. The molecule has 0 aliphatic rings. The van der Waals surface area contributed by atoms with E-state index in [0.717, 1.165) is 0 Å². The van der Waals surface area contributed by atoms with Crippen LogP contribution in [0.3, 0.4) is 0 Å². The molecule has 0 aliphatic heterocycles. The van der Waals surface area contributed by atoms with E-state index in [4.69, 9.17) is 10.6 Å². The van der Waals surface area contributed by atoms with Crippen molar-refractivity contribution in [2.75, 3.05) is 7.11 Å². The van der Waals surface area contributed by atoms with Crippen molar-refractivity contribution < 1.29 is 13.5 Å². The third kappa shape index (κ3) is 2.57. The van der Waals surface area contributed by atoms with Gasteiger partial charge in [-0.3, -0.25) is 5.84 Å². The number of benzene rings is 2. The van der Waals surface area contributed by atoms with Crippen LogP contribution in [0.5, 0.6) is 5.75 Å². The lowest BCUT2D eigenvalue weighted by Crippen LogP contribution is -2.30. The van der Waals surface area contributed by atoms with Crippen LogP contribution in [-0.4, -0.2) is 7.11 Å². The van der Waals surface area contributed by atoms with Crippen molar-refractivity contribution in [3.05, 3.63) is 65.2 Å². The molecule has 0 spiro atoms. The second-order valence-electron chi connectivity index (χ2n) is 3.98. The zero-order chi connectivity index (χ0) is 13.8. The predicted octanol–water partition coefficient (Wildman–Crippen LogP) is 2.53. The number of rotatable bonds is 4. The van der Waals surface area contributed by atoms with Crippen LogP contribution >= 0.6 is 0 Å². The minimum absolute atomic E-state index is 0.130. The average Bonchev–Trinajstić information content (AvgIpc) is 2.43. The van der Waals surface area contributed by atoms with Gasteiger partial charge in [-0.05, 0) is 18.2 Å². The Morgan fingerprint density at radius 1 is 1.05 bits per heavy atom. The van der Waals surface area contributed by atoms with Crippen molar-refractivity contribution in [3.8, 4) is 5.75 Å². The zero-order valence-corrected chi connectivity index (χ0v) is 10.4. The monoisotopic (exact) mass is 264 g/mol. The van der Waals surface area contributed by atoms with Crippen LogP contribution in [0.1, 0.15) is 17.2 Å². The van der Waals surface area contributed by atoms with Crippen LogP contribution in [0.2, 0.25) is 0 Å². The van der Waals surface area contributed by atoms with E-state index in [0.29, 0.717) is 11.3 Å². The Hall–Kier alpha value is -1.98. The molecule has 3 N–H and O–H groups in total. The number of hydrazine groups is 1. The first-order valence-electron chi connectivity index (χ1n) is 5.72. The normalized spacial score (nSPS) is 12.2. The van der Waals surface area contributed by atoms with Crippen molar-refractivity contribution in [1.29, 1.82) is 0 Å². The molecule has 0 saturated heterocycles. The van der Waals surface area contributed by atoms with Gasteiger partial charge in [-0.25, -0.2) is 14.2 Å². The Bertz CT molecular complexity index is 555. The predicted molar refractivity (Wildman–Crippen MR) is 68.5 cm³/mol. The molecule has 0 aromatic heterocycles. The van der Waals surface area contributed by atoms with Crippen LogP contribution in [-0.2, 0) is 0 Å². The standard InChI is InChI=1S/C14H14F2N2O/c1-19-12-8-3-2-5-9(12)14(18-17)13-10(15)6-4-7-11(13)16/h2-8,14,18H,17H2,1H3. The highest BCUT2D eigenvalue weighted by atomic mass is 19.1. The first kappa shape index (κ1) is 13.5. The Morgan fingerprint density at radius 2 is 1.68 bits per heavy atom. The molecule has 0 bridgehead atoms. The molecule has 2 rings (SSSR count). The fourth-order valence-electron chi connectivity index (χ4n) is 2.02. The number of methoxy groups -OCH3 is 1. The summed E-state index contributed by atoms with van der Waals surface area (Å²) in [5, 5.41) is 0. The molecule has 0 fully saturated rings. The molecule has 0 heterocycles. The lowest BCUT2D eigenvalue weighted by molar-refractivity contribution is 0.401. The smallest absolute Gasteiger partial charge is 0.131 e. The van der Waals surface area contributed by atoms with E-state index < -0.39 is 17.7 Å². The van der Waals surface area contributed by atoms with Gasteiger partial charge >= 0.3 is 0 Å². The molecular weight excluding hydrogens is 250 g/mol. The van der Waals surface area contributed by atoms with Crippen LogP contribution in [0.4, 0.5) is 8.78 Å². The van der Waals surface area contributed by atoms with E-state index >= 15 is 0 Å². The van der Waals surface area contributed by atoms with Crippen molar-refractivity contribution in [3.63, 3.8) is 0 Å². The highest BCUT2D eigenvalue weighted by Gasteiger charge is 2.23. The molecular formula is C14H14F2N2O. The second-order valence-corrected chi connectivity index (χ2v) is 3.98. The van der Waals surface area contributed by atoms with E-state index in [9.17, 15) is 8.78 Å². The van der Waals surface area contributed by atoms with E-state index in [1.165, 1.54) is 25.3 Å². The zero-order valence-electron chi connectivity index (χ0n) is 10.4. The van der Waals surface area contributed by atoms with Crippen molar-refractivity contribution >= 4 is 0 Å². The quantitative estimate of drug-likeness (QED) is 0.659. The topological polar surface area (TPSA) is 47.3 Å². The third-order valence-corrected chi connectivity index (χ3v) is 2.90. The van der Waals surface area contributed by atoms with Crippen molar-refractivity contribution in [2.24, 2.45) is 5.84 Å². The van der Waals surface area contributed by atoms with Crippen molar-refractivity contribution in [1.82, 2.24) is 5.43 Å². The van der Waals surface area contributed by atoms with Gasteiger partial charge in [-0.15, -0.1) is 0 Å². The number of ether oxygens (including phenoxy) is 1. The third-order valence-electron chi connectivity index (χ3n) is 2.90. The number of hydrogen-bond donors (Lipinski definition) is 2. The lowest BCUT2D eigenvalue weighted by Gasteiger charge is -2.20. The number of nitrogens with two attached hydrogens (primary N) is 1. The largest absolute Gasteiger partial charge is 0.496 e. The number of nitrogens with one attached hydrogen (secondary N) is 1. The van der Waals surface area contributed by atoms with Gasteiger partial charge in [0.15, 0.2) is 0 Å². The SMILES string of the molecule is COc1ccccc1C(NN)c1c(F)cccc1F. The van der Waals surface area contributed by atoms with E-state index in [1.807, 2.05) is 0 Å². The number of hydrogen-bond acceptors (Lipinski definition) is 3. The summed E-state index contributed by atoms with van der Waals surface area (Å²) in [6, 6.07) is 9.81. The van der Waals surface area contributed by atoms with Gasteiger partial charge in [0.1, 0.15) is 17.4 Å². The van der Waals surface area contributed by atoms with Gasteiger partial charge < -0.3 is 4.74 Å². The van der Waals surface area contributed by atoms with Gasteiger partial charge in [0.2, 0.25) is 0 Å². The highest BCUT2D eigenvalue weighted by Crippen LogP contribution is 2.31. The summed E-state index contributed by atoms with van der Waals surface area (Å²) in [6.45, 7) is 0. The maximum atomic E-state index is 13.8. The summed E-state index contributed by atoms with van der Waals surface area (Å²) < 4.78 is 32.9. The van der Waals surface area contributed by atoms with Gasteiger partial charge in [-0.1, -0.05) is 24.3 Å². The van der Waals surface area contributed by atoms with Gasteiger partial charge in [0.05, 0.1) is 13.2 Å². The van der Waals surface area contributed by atoms with E-state index in [1.54, 1.807) is 24.3 Å². The fourth-order valence-corrected chi connectivity index (χ4v) is 2.02. The van der Waals surface area contributed by atoms with Crippen LogP contribution in [0.25, 0.3) is 0 Å². The van der Waals surface area contributed by atoms with Gasteiger partial charge in [0.25, 0.3) is 0 Å². The second kappa shape index (κ2) is 5.77. The molecule has 0 saturated carbocycles. The highest BCUT2D eigenvalue weighted by molar-refractivity contribution is 5.42. The summed E-state index contributed by atoms with van der Waals surface area (Å²) in [4.78, 5) is 0. The van der Waals surface area contributed by atoms with Crippen LogP contribution in [0.15, 0.2) is 42.5 Å². The maximum Gasteiger partial charge on any atom is 0.131 e. The molecule has 2 aromatic rings. The van der Waals surface area contributed by atoms with E-state index in [2.05, 4.69) is 5.43 Å². The molecule has 3 nitrogen and oxygen atoms in total. The van der Waals surface area contributed by atoms with E-state index in [-0.39, 0.29) is 5.56 Å². The van der Waals surface area contributed by atoms with Crippen molar-refractivity contribution in [2.45, 2.75) is 6.04 Å². The summed E-state index contributed by atoms with van der Waals surface area (Å²) >= 11 is 0. The Morgan fingerprint density at radius 3 is 2.26 bits per heavy atom. The number of halogens is 2. The van der Waals surface area contributed by atoms with Gasteiger partial charge in [-0.2, -0.15) is 0 Å². The van der Waals surface area contributed by atoms with Crippen LogP contribution in [0, 0.1) is 11.6 Å². The molecule has 0 amide bonds. The molecule has 0 aliphatic carbocycles. The lowest BCUT2D eigenvalue weighted by atomic mass is 9.97. The molecule has 1 unspecified atom stereocenters. The van der Waals surface area contributed by atoms with Crippen LogP contribution < -0.4 is 16.0 Å². The minimum Gasteiger partial charge on any atom is -0.496 e. The minimum atomic E-state index is -0.822. The first-order valence-corrected chi connectivity index (χ1v) is 5.72.